The van der Waals surface area contributed by atoms with E-state index in [4.69, 9.17) is 5.73 Å². The minimum atomic E-state index is -3.73. The second-order valence-electron chi connectivity index (χ2n) is 5.52. The number of rotatable bonds is 4. The van der Waals surface area contributed by atoms with Gasteiger partial charge in [0.05, 0.1) is 4.92 Å². The molecule has 1 aromatic heterocycles. The lowest BCUT2D eigenvalue weighted by Gasteiger charge is -2.32. The van der Waals surface area contributed by atoms with E-state index in [0.717, 1.165) is 43.1 Å². The lowest BCUT2D eigenvalue weighted by atomic mass is 9.87. The van der Waals surface area contributed by atoms with Crippen molar-refractivity contribution in [3.8, 4) is 0 Å². The molecule has 0 saturated heterocycles. The number of anilines is 1. The third-order valence-electron chi connectivity index (χ3n) is 3.97. The van der Waals surface area contributed by atoms with Gasteiger partial charge in [-0.05, 0) is 18.8 Å². The van der Waals surface area contributed by atoms with E-state index in [1.807, 2.05) is 0 Å². The molecule has 0 amide bonds. The molecule has 0 radical (unpaired) electrons. The van der Waals surface area contributed by atoms with E-state index in [2.05, 4.69) is 6.92 Å². The Balaban J connectivity index is 2.28. The minimum Gasteiger partial charge on any atom is -0.385 e. The van der Waals surface area contributed by atoms with Gasteiger partial charge in [-0.2, -0.15) is 4.31 Å². The SMILES string of the molecule is CC1CCCC(N(C)S(=O)(=O)c2cc([N+](=O)[O-])c(N)s2)C1. The van der Waals surface area contributed by atoms with Gasteiger partial charge < -0.3 is 5.73 Å². The Morgan fingerprint density at radius 1 is 1.48 bits per heavy atom. The van der Waals surface area contributed by atoms with Crippen molar-refractivity contribution in [3.63, 3.8) is 0 Å². The van der Waals surface area contributed by atoms with Crippen molar-refractivity contribution in [2.24, 2.45) is 5.92 Å². The highest BCUT2D eigenvalue weighted by molar-refractivity contribution is 7.91. The topological polar surface area (TPSA) is 107 Å². The van der Waals surface area contributed by atoms with Crippen molar-refractivity contribution < 1.29 is 13.3 Å². The van der Waals surface area contributed by atoms with Gasteiger partial charge in [0.2, 0.25) is 0 Å². The van der Waals surface area contributed by atoms with Crippen LogP contribution in [0, 0.1) is 16.0 Å². The minimum absolute atomic E-state index is 0.0545. The van der Waals surface area contributed by atoms with Crippen LogP contribution in [0.3, 0.4) is 0 Å². The van der Waals surface area contributed by atoms with E-state index in [9.17, 15) is 18.5 Å². The van der Waals surface area contributed by atoms with Gasteiger partial charge in [0.15, 0.2) is 5.00 Å². The van der Waals surface area contributed by atoms with E-state index in [1.165, 1.54) is 4.31 Å². The van der Waals surface area contributed by atoms with Crippen LogP contribution >= 0.6 is 11.3 Å². The Morgan fingerprint density at radius 3 is 2.67 bits per heavy atom. The third-order valence-corrected chi connectivity index (χ3v) is 7.28. The highest BCUT2D eigenvalue weighted by Crippen LogP contribution is 2.37. The average molecular weight is 333 g/mol. The molecule has 1 aromatic rings. The summed E-state index contributed by atoms with van der Waals surface area (Å²) in [6.07, 6.45) is 3.75. The van der Waals surface area contributed by atoms with Gasteiger partial charge in [0.25, 0.3) is 10.0 Å². The maximum atomic E-state index is 12.6. The van der Waals surface area contributed by atoms with Gasteiger partial charge in [0, 0.05) is 19.2 Å². The van der Waals surface area contributed by atoms with Crippen LogP contribution in [0.5, 0.6) is 0 Å². The molecule has 1 heterocycles. The smallest absolute Gasteiger partial charge is 0.304 e. The number of hydrogen-bond acceptors (Lipinski definition) is 6. The number of nitro groups is 1. The molecule has 1 aliphatic carbocycles. The van der Waals surface area contributed by atoms with Crippen LogP contribution in [0.4, 0.5) is 10.7 Å². The zero-order valence-corrected chi connectivity index (χ0v) is 13.6. The van der Waals surface area contributed by atoms with Gasteiger partial charge in [-0.25, -0.2) is 8.42 Å². The first kappa shape index (κ1) is 16.2. The molecule has 118 valence electrons. The Kier molecular flexibility index (Phi) is 4.54. The second-order valence-corrected chi connectivity index (χ2v) is 8.83. The predicted octanol–water partition coefficient (Wildman–Crippen LogP) is 2.44. The fraction of sp³-hybridized carbons (Fsp3) is 0.667. The lowest BCUT2D eigenvalue weighted by Crippen LogP contribution is -2.39. The molecule has 0 aromatic carbocycles. The van der Waals surface area contributed by atoms with Gasteiger partial charge in [0.1, 0.15) is 4.21 Å². The molecular formula is C12H19N3O4S2. The molecule has 21 heavy (non-hydrogen) atoms. The molecule has 1 fully saturated rings. The highest BCUT2D eigenvalue weighted by Gasteiger charge is 2.34. The van der Waals surface area contributed by atoms with Gasteiger partial charge in [-0.1, -0.05) is 31.1 Å². The summed E-state index contributed by atoms with van der Waals surface area (Å²) in [6, 6.07) is 0.999. The fourth-order valence-electron chi connectivity index (χ4n) is 2.71. The van der Waals surface area contributed by atoms with Crippen LogP contribution in [0.15, 0.2) is 10.3 Å². The summed E-state index contributed by atoms with van der Waals surface area (Å²) in [6.45, 7) is 2.11. The number of sulfonamides is 1. The first-order valence-electron chi connectivity index (χ1n) is 6.75. The molecule has 2 atom stereocenters. The van der Waals surface area contributed by atoms with E-state index >= 15 is 0 Å². The summed E-state index contributed by atoms with van der Waals surface area (Å²) in [7, 11) is -2.19. The normalized spacial score (nSPS) is 23.4. The lowest BCUT2D eigenvalue weighted by molar-refractivity contribution is -0.383. The zero-order valence-electron chi connectivity index (χ0n) is 12.0. The molecule has 9 heteroatoms. The highest BCUT2D eigenvalue weighted by atomic mass is 32.2. The molecule has 2 unspecified atom stereocenters. The Labute approximate surface area is 127 Å². The zero-order chi connectivity index (χ0) is 15.8. The first-order chi connectivity index (χ1) is 9.73. The molecule has 0 spiro atoms. The molecular weight excluding hydrogens is 314 g/mol. The molecule has 0 aliphatic heterocycles. The summed E-state index contributed by atoms with van der Waals surface area (Å²) in [5.41, 5.74) is 5.19. The molecule has 2 N–H and O–H groups in total. The first-order valence-corrected chi connectivity index (χ1v) is 9.01. The van der Waals surface area contributed by atoms with Crippen LogP contribution in [0.1, 0.15) is 32.6 Å². The fourth-order valence-corrected chi connectivity index (χ4v) is 5.51. The third kappa shape index (κ3) is 3.19. The number of hydrogen-bond donors (Lipinski definition) is 1. The Morgan fingerprint density at radius 2 is 2.14 bits per heavy atom. The standard InChI is InChI=1S/C12H19N3O4S2/c1-8-4-3-5-9(6-8)14(2)21(18,19)11-7-10(15(16)17)12(13)20-11/h7-9H,3-6,13H2,1-2H3. The van der Waals surface area contributed by atoms with E-state index in [-0.39, 0.29) is 20.9 Å². The van der Waals surface area contributed by atoms with Gasteiger partial charge in [-0.3, -0.25) is 10.1 Å². The van der Waals surface area contributed by atoms with Gasteiger partial charge >= 0.3 is 5.69 Å². The van der Waals surface area contributed by atoms with E-state index in [1.54, 1.807) is 7.05 Å². The molecule has 0 bridgehead atoms. The van der Waals surface area contributed by atoms with Crippen LogP contribution in [-0.4, -0.2) is 30.7 Å². The van der Waals surface area contributed by atoms with Crippen molar-refractivity contribution >= 4 is 32.0 Å². The van der Waals surface area contributed by atoms with Gasteiger partial charge in [-0.15, -0.1) is 0 Å². The van der Waals surface area contributed by atoms with E-state index in [0.29, 0.717) is 5.92 Å². The quantitative estimate of drug-likeness (QED) is 0.672. The predicted molar refractivity (Wildman–Crippen MR) is 81.8 cm³/mol. The Bertz CT molecular complexity index is 641. The summed E-state index contributed by atoms with van der Waals surface area (Å²) in [5.74, 6) is 0.490. The van der Waals surface area contributed by atoms with Crippen LogP contribution in [0.2, 0.25) is 0 Å². The number of thiophene rings is 1. The summed E-state index contributed by atoms with van der Waals surface area (Å²) in [4.78, 5) is 10.1. The summed E-state index contributed by atoms with van der Waals surface area (Å²) in [5, 5.41) is 10.7. The maximum absolute atomic E-state index is 12.6. The number of nitrogen functional groups attached to an aromatic ring is 1. The Hall–Kier alpha value is -1.19. The van der Waals surface area contributed by atoms with Crippen molar-refractivity contribution in [3.05, 3.63) is 16.2 Å². The van der Waals surface area contributed by atoms with Crippen molar-refractivity contribution in [1.82, 2.24) is 4.31 Å². The maximum Gasteiger partial charge on any atom is 0.304 e. The van der Waals surface area contributed by atoms with Crippen molar-refractivity contribution in [1.29, 1.82) is 0 Å². The van der Waals surface area contributed by atoms with E-state index < -0.39 is 14.9 Å². The summed E-state index contributed by atoms with van der Waals surface area (Å²) >= 11 is 0.749. The van der Waals surface area contributed by atoms with Crippen molar-refractivity contribution in [2.45, 2.75) is 42.9 Å². The monoisotopic (exact) mass is 333 g/mol. The summed E-state index contributed by atoms with van der Waals surface area (Å²) < 4.78 is 26.5. The average Bonchev–Trinajstić information content (AvgIpc) is 2.80. The van der Waals surface area contributed by atoms with Crippen LogP contribution < -0.4 is 5.73 Å². The second kappa shape index (κ2) is 5.90. The molecule has 7 nitrogen and oxygen atoms in total. The largest absolute Gasteiger partial charge is 0.385 e. The number of nitrogens with zero attached hydrogens (tertiary/aromatic N) is 2. The van der Waals surface area contributed by atoms with Crippen LogP contribution in [0.25, 0.3) is 0 Å². The number of nitrogens with two attached hydrogens (primary N) is 1. The molecule has 1 aliphatic rings. The molecule has 2 rings (SSSR count). The van der Waals surface area contributed by atoms with Crippen LogP contribution in [-0.2, 0) is 10.0 Å². The van der Waals surface area contributed by atoms with Crippen molar-refractivity contribution in [2.75, 3.05) is 12.8 Å². The molecule has 1 saturated carbocycles.